The first-order valence-electron chi connectivity index (χ1n) is 7.73. The van der Waals surface area contributed by atoms with Crippen molar-refractivity contribution >= 4 is 0 Å². The molecule has 1 N–H and O–H groups in total. The summed E-state index contributed by atoms with van der Waals surface area (Å²) in [4.78, 5) is 7.66. The number of hydrogen-bond acceptors (Lipinski definition) is 4. The molecule has 0 radical (unpaired) electrons. The van der Waals surface area contributed by atoms with Crippen molar-refractivity contribution < 1.29 is 0 Å². The van der Waals surface area contributed by atoms with Gasteiger partial charge in [0.25, 0.3) is 0 Å². The van der Waals surface area contributed by atoms with Gasteiger partial charge in [-0.25, -0.2) is 0 Å². The van der Waals surface area contributed by atoms with E-state index in [4.69, 9.17) is 0 Å². The molecule has 2 saturated heterocycles. The van der Waals surface area contributed by atoms with Gasteiger partial charge < -0.3 is 10.2 Å². The molecule has 0 aromatic carbocycles. The average Bonchev–Trinajstić information content (AvgIpc) is 2.55. The van der Waals surface area contributed by atoms with E-state index in [-0.39, 0.29) is 0 Å². The van der Waals surface area contributed by atoms with Crippen LogP contribution in [0.5, 0.6) is 0 Å². The zero-order valence-corrected chi connectivity index (χ0v) is 13.4. The van der Waals surface area contributed by atoms with Crippen molar-refractivity contribution in [1.29, 1.82) is 0 Å². The molecule has 1 atom stereocenters. The summed E-state index contributed by atoms with van der Waals surface area (Å²) in [6.45, 7) is 12.2. The van der Waals surface area contributed by atoms with E-state index in [2.05, 4.69) is 48.0 Å². The molecule has 2 heterocycles. The summed E-state index contributed by atoms with van der Waals surface area (Å²) in [5, 5.41) is 3.27. The smallest absolute Gasteiger partial charge is 0.0344 e. The van der Waals surface area contributed by atoms with Crippen LogP contribution in [-0.4, -0.2) is 86.7 Å². The zero-order chi connectivity index (χ0) is 14.0. The molecule has 0 bridgehead atoms. The second-order valence-corrected chi connectivity index (χ2v) is 7.07. The number of nitrogens with zero attached hydrogens (tertiary/aromatic N) is 3. The fraction of sp³-hybridized carbons (Fsp3) is 1.00. The lowest BCUT2D eigenvalue weighted by Gasteiger charge is -2.46. The van der Waals surface area contributed by atoms with Crippen LogP contribution >= 0.6 is 0 Å². The summed E-state index contributed by atoms with van der Waals surface area (Å²) in [5.74, 6) is 0.826. The fourth-order valence-electron chi connectivity index (χ4n) is 3.50. The molecule has 19 heavy (non-hydrogen) atoms. The molecule has 0 amide bonds. The van der Waals surface area contributed by atoms with E-state index in [1.807, 2.05) is 7.05 Å². The van der Waals surface area contributed by atoms with Gasteiger partial charge in [-0.2, -0.15) is 0 Å². The van der Waals surface area contributed by atoms with Crippen LogP contribution < -0.4 is 5.32 Å². The van der Waals surface area contributed by atoms with Crippen molar-refractivity contribution in [3.8, 4) is 0 Å². The molecular formula is C15H32N4. The van der Waals surface area contributed by atoms with E-state index in [9.17, 15) is 0 Å². The first kappa shape index (κ1) is 15.2. The van der Waals surface area contributed by atoms with Crippen molar-refractivity contribution in [2.45, 2.75) is 31.8 Å². The lowest BCUT2D eigenvalue weighted by atomic mass is 9.87. The topological polar surface area (TPSA) is 21.8 Å². The molecule has 0 aromatic heterocycles. The average molecular weight is 268 g/mol. The lowest BCUT2D eigenvalue weighted by molar-refractivity contribution is 0.0314. The third-order valence-corrected chi connectivity index (χ3v) is 5.34. The molecule has 2 aliphatic rings. The summed E-state index contributed by atoms with van der Waals surface area (Å²) in [5.41, 5.74) is 0.361. The van der Waals surface area contributed by atoms with Crippen LogP contribution in [-0.2, 0) is 0 Å². The van der Waals surface area contributed by atoms with E-state index >= 15 is 0 Å². The molecule has 1 unspecified atom stereocenters. The van der Waals surface area contributed by atoms with Crippen LogP contribution in [0.2, 0.25) is 0 Å². The Kier molecular flexibility index (Phi) is 4.88. The lowest BCUT2D eigenvalue weighted by Crippen LogP contribution is -2.59. The quantitative estimate of drug-likeness (QED) is 0.759. The van der Waals surface area contributed by atoms with E-state index in [0.717, 1.165) is 18.5 Å². The van der Waals surface area contributed by atoms with E-state index in [0.29, 0.717) is 5.54 Å². The minimum absolute atomic E-state index is 0.361. The van der Waals surface area contributed by atoms with Crippen molar-refractivity contribution in [3.63, 3.8) is 0 Å². The molecule has 0 aromatic rings. The maximum atomic E-state index is 3.27. The molecule has 2 fully saturated rings. The molecule has 0 spiro atoms. The van der Waals surface area contributed by atoms with E-state index in [1.54, 1.807) is 0 Å². The van der Waals surface area contributed by atoms with Gasteiger partial charge in [-0.1, -0.05) is 0 Å². The Morgan fingerprint density at radius 1 is 1.26 bits per heavy atom. The van der Waals surface area contributed by atoms with Crippen LogP contribution in [0.15, 0.2) is 0 Å². The SMILES string of the molecule is CNCCN1CCC(CN2CC(N(C)C)C2)C1(C)C. The van der Waals surface area contributed by atoms with Crippen LogP contribution in [0.4, 0.5) is 0 Å². The molecule has 112 valence electrons. The first-order chi connectivity index (χ1) is 8.95. The summed E-state index contributed by atoms with van der Waals surface area (Å²) < 4.78 is 0. The highest BCUT2D eigenvalue weighted by Crippen LogP contribution is 2.35. The van der Waals surface area contributed by atoms with Crippen molar-refractivity contribution in [1.82, 2.24) is 20.0 Å². The van der Waals surface area contributed by atoms with Gasteiger partial charge in [-0.05, 0) is 53.9 Å². The van der Waals surface area contributed by atoms with Crippen LogP contribution in [0.1, 0.15) is 20.3 Å². The molecule has 0 saturated carbocycles. The Morgan fingerprint density at radius 2 is 1.95 bits per heavy atom. The second-order valence-electron chi connectivity index (χ2n) is 7.07. The highest BCUT2D eigenvalue weighted by molar-refractivity contribution is 4.98. The predicted octanol–water partition coefficient (Wildman–Crippen LogP) is 0.552. The third-order valence-electron chi connectivity index (χ3n) is 5.34. The zero-order valence-electron chi connectivity index (χ0n) is 13.4. The van der Waals surface area contributed by atoms with Gasteiger partial charge in [0.15, 0.2) is 0 Å². The molecule has 0 aliphatic carbocycles. The Hall–Kier alpha value is -0.160. The Morgan fingerprint density at radius 3 is 2.53 bits per heavy atom. The highest BCUT2D eigenvalue weighted by atomic mass is 15.3. The summed E-state index contributed by atoms with van der Waals surface area (Å²) in [7, 11) is 6.43. The predicted molar refractivity (Wildman–Crippen MR) is 81.6 cm³/mol. The van der Waals surface area contributed by atoms with Crippen molar-refractivity contribution in [3.05, 3.63) is 0 Å². The van der Waals surface area contributed by atoms with Crippen molar-refractivity contribution in [2.24, 2.45) is 5.92 Å². The monoisotopic (exact) mass is 268 g/mol. The summed E-state index contributed by atoms with van der Waals surface area (Å²) in [6.07, 6.45) is 1.36. The molecule has 2 rings (SSSR count). The molecule has 4 heteroatoms. The third kappa shape index (κ3) is 3.30. The van der Waals surface area contributed by atoms with E-state index in [1.165, 1.54) is 39.1 Å². The second kappa shape index (κ2) is 6.08. The number of nitrogens with one attached hydrogen (secondary N) is 1. The molecular weight excluding hydrogens is 236 g/mol. The van der Waals surface area contributed by atoms with Gasteiger partial charge in [0.1, 0.15) is 0 Å². The summed E-state index contributed by atoms with van der Waals surface area (Å²) in [6, 6.07) is 0.782. The Bertz CT molecular complexity index is 284. The van der Waals surface area contributed by atoms with Crippen LogP contribution in [0.3, 0.4) is 0 Å². The summed E-state index contributed by atoms with van der Waals surface area (Å²) >= 11 is 0. The number of hydrogen-bond donors (Lipinski definition) is 1. The Labute approximate surface area is 119 Å². The highest BCUT2D eigenvalue weighted by Gasteiger charge is 2.42. The largest absolute Gasteiger partial charge is 0.318 e. The first-order valence-corrected chi connectivity index (χ1v) is 7.73. The Balaban J connectivity index is 1.79. The van der Waals surface area contributed by atoms with Gasteiger partial charge in [-0.15, -0.1) is 0 Å². The van der Waals surface area contributed by atoms with Gasteiger partial charge in [-0.3, -0.25) is 9.80 Å². The van der Waals surface area contributed by atoms with E-state index < -0.39 is 0 Å². The number of likely N-dealkylation sites (tertiary alicyclic amines) is 2. The van der Waals surface area contributed by atoms with Crippen LogP contribution in [0, 0.1) is 5.92 Å². The van der Waals surface area contributed by atoms with Gasteiger partial charge in [0.2, 0.25) is 0 Å². The maximum absolute atomic E-state index is 3.27. The molecule has 2 aliphatic heterocycles. The fourth-order valence-corrected chi connectivity index (χ4v) is 3.50. The minimum atomic E-state index is 0.361. The standard InChI is InChI=1S/C15H32N4/c1-15(2)13(6-8-19(15)9-7-16-3)10-18-11-14(12-18)17(4)5/h13-14,16H,6-12H2,1-5H3. The minimum Gasteiger partial charge on any atom is -0.318 e. The molecule has 4 nitrogen and oxygen atoms in total. The van der Waals surface area contributed by atoms with Gasteiger partial charge in [0.05, 0.1) is 0 Å². The van der Waals surface area contributed by atoms with Crippen LogP contribution in [0.25, 0.3) is 0 Å². The normalized spacial score (nSPS) is 29.1. The van der Waals surface area contributed by atoms with Crippen molar-refractivity contribution in [2.75, 3.05) is 60.4 Å². The number of likely N-dealkylation sites (N-methyl/N-ethyl adjacent to an activating group) is 2. The van der Waals surface area contributed by atoms with Gasteiger partial charge in [0, 0.05) is 44.3 Å². The number of rotatable bonds is 6. The maximum Gasteiger partial charge on any atom is 0.0344 e. The van der Waals surface area contributed by atoms with Gasteiger partial charge >= 0.3 is 0 Å².